The zero-order valence-corrected chi connectivity index (χ0v) is 19.0. The van der Waals surface area contributed by atoms with E-state index in [-0.39, 0.29) is 11.1 Å². The van der Waals surface area contributed by atoms with Crippen molar-refractivity contribution in [2.45, 2.75) is 135 Å². The third-order valence-corrected chi connectivity index (χ3v) is 6.56. The molecule has 2 rings (SSSR count). The molecular weight excluding hydrogens is 334 g/mol. The Morgan fingerprint density at radius 3 is 1.78 bits per heavy atom. The molecule has 3 heteroatoms. The maximum atomic E-state index is 6.34. The zero-order chi connectivity index (χ0) is 19.8. The van der Waals surface area contributed by atoms with E-state index in [1.54, 1.807) is 0 Å². The van der Waals surface area contributed by atoms with Gasteiger partial charge in [0.1, 0.15) is 0 Å². The lowest BCUT2D eigenvalue weighted by Crippen LogP contribution is -2.63. The lowest BCUT2D eigenvalue weighted by molar-refractivity contribution is -0.106. The number of unbranched alkanes of at least 4 members (excludes halogenated alkanes) is 9. The topological polar surface area (TPSA) is 25.0 Å². The summed E-state index contributed by atoms with van der Waals surface area (Å²) >= 11 is 0. The van der Waals surface area contributed by atoms with Crippen LogP contribution in [0.4, 0.5) is 0 Å². The van der Waals surface area contributed by atoms with Gasteiger partial charge in [-0.2, -0.15) is 0 Å². The van der Waals surface area contributed by atoms with Gasteiger partial charge in [0.15, 0.2) is 0 Å². The van der Waals surface area contributed by atoms with Crippen LogP contribution in [-0.2, 0) is 9.47 Å². The fraction of sp³-hybridized carbons (Fsp3) is 1.00. The van der Waals surface area contributed by atoms with Crippen molar-refractivity contribution in [2.24, 2.45) is 0 Å². The van der Waals surface area contributed by atoms with Gasteiger partial charge >= 0.3 is 0 Å². The molecule has 160 valence electrons. The summed E-state index contributed by atoms with van der Waals surface area (Å²) in [6.45, 7) is 14.8. The fourth-order valence-corrected chi connectivity index (χ4v) is 5.05. The molecule has 2 heterocycles. The fourth-order valence-electron chi connectivity index (χ4n) is 5.05. The molecule has 0 saturated carbocycles. The summed E-state index contributed by atoms with van der Waals surface area (Å²) in [7, 11) is 0. The number of hydrogen-bond acceptors (Lipinski definition) is 3. The second-order valence-corrected chi connectivity index (χ2v) is 10.3. The van der Waals surface area contributed by atoms with Gasteiger partial charge in [-0.25, -0.2) is 0 Å². The highest BCUT2D eigenvalue weighted by Crippen LogP contribution is 2.40. The second kappa shape index (κ2) is 11.2. The number of hydrogen-bond donors (Lipinski definition) is 0. The predicted octanol–water partition coefficient (Wildman–Crippen LogP) is 6.34. The van der Waals surface area contributed by atoms with Crippen LogP contribution in [-0.4, -0.2) is 47.9 Å². The van der Waals surface area contributed by atoms with E-state index in [9.17, 15) is 0 Å². The normalized spacial score (nSPS) is 25.0. The number of rotatable bonds is 14. The van der Waals surface area contributed by atoms with Crippen molar-refractivity contribution in [1.29, 1.82) is 0 Å². The molecule has 0 aromatic heterocycles. The Bertz CT molecular complexity index is 385. The van der Waals surface area contributed by atoms with E-state index in [0.29, 0.717) is 12.2 Å². The molecule has 1 unspecified atom stereocenters. The number of ether oxygens (including phenoxy) is 2. The number of nitrogens with zero attached hydrogens (tertiary/aromatic N) is 1. The van der Waals surface area contributed by atoms with Crippen molar-refractivity contribution >= 4 is 0 Å². The number of likely N-dealkylation sites (tertiary alicyclic amines) is 1. The van der Waals surface area contributed by atoms with Crippen LogP contribution in [0.15, 0.2) is 0 Å². The molecule has 0 radical (unpaired) electrons. The standard InChI is InChI=1S/C24H47NO2/c1-6-7-8-9-10-11-12-13-14-15-16-26-21-17-23(2,3)25(19-22-20-27-22)24(4,5)18-21/h21-22H,6-20H2,1-5H3. The summed E-state index contributed by atoms with van der Waals surface area (Å²) in [6, 6.07) is 0. The Kier molecular flexibility index (Phi) is 9.58. The minimum Gasteiger partial charge on any atom is -0.378 e. The van der Waals surface area contributed by atoms with Crippen LogP contribution in [0.25, 0.3) is 0 Å². The first kappa shape index (κ1) is 23.2. The van der Waals surface area contributed by atoms with E-state index >= 15 is 0 Å². The minimum absolute atomic E-state index is 0.191. The third kappa shape index (κ3) is 8.41. The molecule has 1 atom stereocenters. The van der Waals surface area contributed by atoms with E-state index in [2.05, 4.69) is 39.5 Å². The second-order valence-electron chi connectivity index (χ2n) is 10.3. The SMILES string of the molecule is CCCCCCCCCCCCOC1CC(C)(C)N(CC2CO2)C(C)(C)C1. The molecule has 0 N–H and O–H groups in total. The molecule has 2 aliphatic heterocycles. The zero-order valence-electron chi connectivity index (χ0n) is 19.0. The van der Waals surface area contributed by atoms with Crippen molar-refractivity contribution < 1.29 is 9.47 Å². The van der Waals surface area contributed by atoms with Crippen LogP contribution < -0.4 is 0 Å². The Morgan fingerprint density at radius 1 is 0.815 bits per heavy atom. The van der Waals surface area contributed by atoms with Crippen LogP contribution >= 0.6 is 0 Å². The van der Waals surface area contributed by atoms with Crippen LogP contribution in [0, 0.1) is 0 Å². The van der Waals surface area contributed by atoms with Crippen LogP contribution in [0.5, 0.6) is 0 Å². The van der Waals surface area contributed by atoms with E-state index in [1.165, 1.54) is 64.2 Å². The van der Waals surface area contributed by atoms with Crippen molar-refractivity contribution in [3.05, 3.63) is 0 Å². The first-order valence-electron chi connectivity index (χ1n) is 11.9. The Morgan fingerprint density at radius 2 is 1.30 bits per heavy atom. The number of piperidine rings is 1. The maximum Gasteiger partial charge on any atom is 0.0936 e. The molecule has 27 heavy (non-hydrogen) atoms. The summed E-state index contributed by atoms with van der Waals surface area (Å²) in [5.41, 5.74) is 0.381. The monoisotopic (exact) mass is 381 g/mol. The summed E-state index contributed by atoms with van der Waals surface area (Å²) in [5.74, 6) is 0. The summed E-state index contributed by atoms with van der Waals surface area (Å²) < 4.78 is 11.8. The minimum atomic E-state index is 0.191. The molecule has 2 fully saturated rings. The summed E-state index contributed by atoms with van der Waals surface area (Å²) in [6.07, 6.45) is 17.0. The van der Waals surface area contributed by atoms with Gasteiger partial charge in [0, 0.05) is 24.2 Å². The maximum absolute atomic E-state index is 6.34. The van der Waals surface area contributed by atoms with Gasteiger partial charge in [-0.3, -0.25) is 4.90 Å². The van der Waals surface area contributed by atoms with Gasteiger partial charge in [-0.1, -0.05) is 64.7 Å². The molecule has 0 amide bonds. The van der Waals surface area contributed by atoms with Gasteiger partial charge in [-0.05, 0) is 47.0 Å². The van der Waals surface area contributed by atoms with E-state index in [4.69, 9.17) is 9.47 Å². The Labute approximate surface area is 169 Å². The first-order chi connectivity index (χ1) is 12.8. The lowest BCUT2D eigenvalue weighted by atomic mass is 9.78. The van der Waals surface area contributed by atoms with Gasteiger partial charge in [0.05, 0.1) is 18.8 Å². The molecule has 0 bridgehead atoms. The molecule has 3 nitrogen and oxygen atoms in total. The third-order valence-electron chi connectivity index (χ3n) is 6.56. The molecular formula is C24H47NO2. The highest BCUT2D eigenvalue weighted by atomic mass is 16.6. The molecule has 2 saturated heterocycles. The van der Waals surface area contributed by atoms with Crippen LogP contribution in [0.2, 0.25) is 0 Å². The molecule has 0 aromatic rings. The smallest absolute Gasteiger partial charge is 0.0936 e. The first-order valence-corrected chi connectivity index (χ1v) is 11.9. The van der Waals surface area contributed by atoms with Crippen molar-refractivity contribution in [3.63, 3.8) is 0 Å². The van der Waals surface area contributed by atoms with Crippen molar-refractivity contribution in [1.82, 2.24) is 4.90 Å². The van der Waals surface area contributed by atoms with Gasteiger partial charge in [-0.15, -0.1) is 0 Å². The molecule has 0 spiro atoms. The molecule has 0 aliphatic carbocycles. The van der Waals surface area contributed by atoms with Gasteiger partial charge in [0.2, 0.25) is 0 Å². The largest absolute Gasteiger partial charge is 0.378 e. The average molecular weight is 382 g/mol. The number of epoxide rings is 1. The van der Waals surface area contributed by atoms with Gasteiger partial charge in [0.25, 0.3) is 0 Å². The average Bonchev–Trinajstić information content (AvgIpc) is 3.40. The highest BCUT2D eigenvalue weighted by molar-refractivity contribution is 5.02. The van der Waals surface area contributed by atoms with Crippen LogP contribution in [0.3, 0.4) is 0 Å². The van der Waals surface area contributed by atoms with Crippen molar-refractivity contribution in [3.8, 4) is 0 Å². The molecule has 2 aliphatic rings. The summed E-state index contributed by atoms with van der Waals surface area (Å²) in [5, 5.41) is 0. The Balaban J connectivity index is 1.55. The molecule has 0 aromatic carbocycles. The van der Waals surface area contributed by atoms with Gasteiger partial charge < -0.3 is 9.47 Å². The Hall–Kier alpha value is -0.120. The van der Waals surface area contributed by atoms with E-state index in [1.807, 2.05) is 0 Å². The quantitative estimate of drug-likeness (QED) is 0.259. The van der Waals surface area contributed by atoms with E-state index in [0.717, 1.165) is 32.6 Å². The highest BCUT2D eigenvalue weighted by Gasteiger charge is 2.47. The lowest BCUT2D eigenvalue weighted by Gasteiger charge is -2.55. The van der Waals surface area contributed by atoms with Crippen molar-refractivity contribution in [2.75, 3.05) is 19.8 Å². The summed E-state index contributed by atoms with van der Waals surface area (Å²) in [4.78, 5) is 2.66. The van der Waals surface area contributed by atoms with E-state index < -0.39 is 0 Å². The predicted molar refractivity (Wildman–Crippen MR) is 115 cm³/mol. The van der Waals surface area contributed by atoms with Crippen LogP contribution in [0.1, 0.15) is 112 Å².